The summed E-state index contributed by atoms with van der Waals surface area (Å²) in [6, 6.07) is 0. The minimum absolute atomic E-state index is 0.226. The maximum absolute atomic E-state index is 13.7. The lowest BCUT2D eigenvalue weighted by Crippen LogP contribution is -2.59. The number of esters is 2. The highest BCUT2D eigenvalue weighted by atomic mass is 32.2. The van der Waals surface area contributed by atoms with E-state index >= 15 is 0 Å². The number of amides is 1. The van der Waals surface area contributed by atoms with Crippen molar-refractivity contribution in [2.75, 3.05) is 0 Å². The molecule has 5 atom stereocenters. The second-order valence-corrected chi connectivity index (χ2v) is 13.5. The van der Waals surface area contributed by atoms with Gasteiger partial charge in [-0.25, -0.2) is 14.6 Å². The third-order valence-electron chi connectivity index (χ3n) is 5.60. The third-order valence-corrected chi connectivity index (χ3v) is 6.77. The van der Waals surface area contributed by atoms with Gasteiger partial charge in [-0.2, -0.15) is 0 Å². The van der Waals surface area contributed by atoms with Crippen LogP contribution in [-0.2, 0) is 23.8 Å². The number of H-pyrrole nitrogens is 1. The van der Waals surface area contributed by atoms with Crippen molar-refractivity contribution in [3.63, 3.8) is 0 Å². The summed E-state index contributed by atoms with van der Waals surface area (Å²) in [4.78, 5) is 44.2. The zero-order chi connectivity index (χ0) is 26.6. The van der Waals surface area contributed by atoms with Gasteiger partial charge in [-0.1, -0.05) is 11.8 Å². The Morgan fingerprint density at radius 2 is 1.54 bits per heavy atom. The molecule has 0 spiro atoms. The van der Waals surface area contributed by atoms with E-state index in [0.29, 0.717) is 11.0 Å². The van der Waals surface area contributed by atoms with Crippen LogP contribution in [0, 0.1) is 24.7 Å². The summed E-state index contributed by atoms with van der Waals surface area (Å²) >= 11 is 1.38. The first kappa shape index (κ1) is 27.3. The first-order valence-corrected chi connectivity index (χ1v) is 12.7. The number of thioether (sulfide) groups is 1. The zero-order valence-electron chi connectivity index (χ0n) is 22.3. The van der Waals surface area contributed by atoms with Crippen LogP contribution in [0.1, 0.15) is 74.6 Å². The molecule has 0 aliphatic heterocycles. The topological polar surface area (TPSA) is 132 Å². The Labute approximate surface area is 211 Å². The SMILES string of the molecule is Cc1nc(S[C@@H]2C[C@@](NC(=O)OC(C)(C)C)(C(=O)OC(C)(C)C)[C@@H]3[C@@H](C(=O)OC(C)(C)C)[C@@H]32)n[nH]1. The summed E-state index contributed by atoms with van der Waals surface area (Å²) in [6.07, 6.45) is -0.495. The van der Waals surface area contributed by atoms with E-state index in [9.17, 15) is 14.4 Å². The van der Waals surface area contributed by atoms with E-state index in [1.54, 1.807) is 69.2 Å². The van der Waals surface area contributed by atoms with Gasteiger partial charge in [0, 0.05) is 11.2 Å². The van der Waals surface area contributed by atoms with Gasteiger partial charge in [0.2, 0.25) is 5.16 Å². The van der Waals surface area contributed by atoms with Gasteiger partial charge in [0.1, 0.15) is 28.2 Å². The van der Waals surface area contributed by atoms with Crippen LogP contribution in [0.2, 0.25) is 0 Å². The van der Waals surface area contributed by atoms with Crippen molar-refractivity contribution < 1.29 is 28.6 Å². The molecule has 1 heterocycles. The molecule has 11 heteroatoms. The minimum Gasteiger partial charge on any atom is -0.460 e. The second-order valence-electron chi connectivity index (χ2n) is 12.3. The van der Waals surface area contributed by atoms with Gasteiger partial charge >= 0.3 is 18.0 Å². The van der Waals surface area contributed by atoms with Crippen LogP contribution in [0.5, 0.6) is 0 Å². The Balaban J connectivity index is 1.99. The normalized spacial score (nSPS) is 28.2. The molecule has 2 saturated carbocycles. The van der Waals surface area contributed by atoms with Crippen LogP contribution in [-0.4, -0.2) is 60.8 Å². The van der Waals surface area contributed by atoms with Crippen molar-refractivity contribution in [1.29, 1.82) is 0 Å². The molecule has 1 aromatic rings. The molecule has 196 valence electrons. The number of carbonyl (C=O) groups excluding carboxylic acids is 3. The maximum Gasteiger partial charge on any atom is 0.408 e. The number of hydrogen-bond acceptors (Lipinski definition) is 9. The van der Waals surface area contributed by atoms with Gasteiger partial charge < -0.3 is 19.5 Å². The van der Waals surface area contributed by atoms with E-state index < -0.39 is 52.2 Å². The predicted molar refractivity (Wildman–Crippen MR) is 130 cm³/mol. The van der Waals surface area contributed by atoms with E-state index in [-0.39, 0.29) is 17.6 Å². The fourth-order valence-corrected chi connectivity index (χ4v) is 5.99. The molecule has 2 aliphatic rings. The number of carbonyl (C=O) groups is 3. The number of fused-ring (bicyclic) bond motifs is 1. The van der Waals surface area contributed by atoms with Crippen molar-refractivity contribution in [2.24, 2.45) is 17.8 Å². The van der Waals surface area contributed by atoms with Gasteiger partial charge in [0.25, 0.3) is 0 Å². The van der Waals surface area contributed by atoms with E-state index in [1.165, 1.54) is 11.8 Å². The predicted octanol–water partition coefficient (Wildman–Crippen LogP) is 3.79. The number of aromatic amines is 1. The van der Waals surface area contributed by atoms with Crippen molar-refractivity contribution in [3.8, 4) is 0 Å². The Hall–Kier alpha value is -2.30. The minimum atomic E-state index is -1.45. The molecule has 3 rings (SSSR count). The van der Waals surface area contributed by atoms with Crippen molar-refractivity contribution in [2.45, 2.75) is 108 Å². The summed E-state index contributed by atoms with van der Waals surface area (Å²) in [7, 11) is 0. The number of hydrogen-bond donors (Lipinski definition) is 2. The van der Waals surface area contributed by atoms with E-state index in [0.717, 1.165) is 0 Å². The highest BCUT2D eigenvalue weighted by Gasteiger charge is 2.77. The molecular formula is C24H38N4O6S. The lowest BCUT2D eigenvalue weighted by Gasteiger charge is -2.35. The van der Waals surface area contributed by atoms with E-state index in [4.69, 9.17) is 14.2 Å². The molecular weight excluding hydrogens is 472 g/mol. The molecule has 0 bridgehead atoms. The van der Waals surface area contributed by atoms with E-state index in [2.05, 4.69) is 20.5 Å². The number of ether oxygens (including phenoxy) is 3. The molecule has 2 fully saturated rings. The number of rotatable bonds is 5. The molecule has 35 heavy (non-hydrogen) atoms. The van der Waals surface area contributed by atoms with Crippen molar-refractivity contribution in [1.82, 2.24) is 20.5 Å². The van der Waals surface area contributed by atoms with Crippen LogP contribution in [0.3, 0.4) is 0 Å². The maximum atomic E-state index is 13.7. The Kier molecular flexibility index (Phi) is 7.00. The quantitative estimate of drug-likeness (QED) is 0.448. The number of nitrogens with one attached hydrogen (secondary N) is 2. The van der Waals surface area contributed by atoms with Crippen molar-refractivity contribution >= 4 is 29.8 Å². The molecule has 0 saturated heterocycles. The lowest BCUT2D eigenvalue weighted by atomic mass is 9.89. The molecule has 2 N–H and O–H groups in total. The molecule has 1 aromatic heterocycles. The summed E-state index contributed by atoms with van der Waals surface area (Å²) < 4.78 is 16.9. The fourth-order valence-electron chi connectivity index (χ4n) is 4.59. The van der Waals surface area contributed by atoms with Crippen LogP contribution >= 0.6 is 11.8 Å². The van der Waals surface area contributed by atoms with E-state index in [1.807, 2.05) is 0 Å². The zero-order valence-corrected chi connectivity index (χ0v) is 23.1. The van der Waals surface area contributed by atoms with Gasteiger partial charge in [-0.3, -0.25) is 9.89 Å². The van der Waals surface area contributed by atoms with Gasteiger partial charge in [-0.15, -0.1) is 5.10 Å². The Morgan fingerprint density at radius 3 is 2.03 bits per heavy atom. The van der Waals surface area contributed by atoms with Gasteiger partial charge in [-0.05, 0) is 81.6 Å². The van der Waals surface area contributed by atoms with Crippen LogP contribution in [0.25, 0.3) is 0 Å². The van der Waals surface area contributed by atoms with Crippen LogP contribution < -0.4 is 5.32 Å². The van der Waals surface area contributed by atoms with Gasteiger partial charge in [0.05, 0.1) is 5.92 Å². The first-order chi connectivity index (χ1) is 15.8. The monoisotopic (exact) mass is 510 g/mol. The lowest BCUT2D eigenvalue weighted by molar-refractivity contribution is -0.165. The standard InChI is InChI=1S/C24H38N4O6S/c1-12-25-19(28-27-12)35-13-11-24(18(30)33-22(5,6)7,26-20(31)34-23(8,9)10)16-14(13)15(16)17(29)32-21(2,3)4/h13-16H,11H2,1-10H3,(H,26,31)(H,25,27,28)/t13-,14+,15+,16+,24+/m1/s1. The van der Waals surface area contributed by atoms with Crippen LogP contribution in [0.15, 0.2) is 5.16 Å². The fraction of sp³-hybridized carbons (Fsp3) is 0.792. The molecule has 2 aliphatic carbocycles. The summed E-state index contributed by atoms with van der Waals surface area (Å²) in [6.45, 7) is 17.7. The number of aromatic nitrogens is 3. The highest BCUT2D eigenvalue weighted by molar-refractivity contribution is 7.99. The number of alkyl carbamates (subject to hydrolysis) is 1. The average Bonchev–Trinajstić information content (AvgIpc) is 3.13. The Morgan fingerprint density at radius 1 is 0.971 bits per heavy atom. The third kappa shape index (κ3) is 6.48. The van der Waals surface area contributed by atoms with Gasteiger partial charge in [0.15, 0.2) is 0 Å². The first-order valence-electron chi connectivity index (χ1n) is 11.8. The summed E-state index contributed by atoms with van der Waals surface area (Å²) in [5, 5.41) is 10.1. The largest absolute Gasteiger partial charge is 0.460 e. The average molecular weight is 511 g/mol. The Bertz CT molecular complexity index is 989. The van der Waals surface area contributed by atoms with Crippen LogP contribution in [0.4, 0.5) is 4.79 Å². The smallest absolute Gasteiger partial charge is 0.408 e. The molecule has 10 nitrogen and oxygen atoms in total. The molecule has 0 unspecified atom stereocenters. The number of nitrogens with zero attached hydrogens (tertiary/aromatic N) is 2. The number of aryl methyl sites for hydroxylation is 1. The summed E-state index contributed by atoms with van der Waals surface area (Å²) in [5.74, 6) is -1.64. The second kappa shape index (κ2) is 8.97. The van der Waals surface area contributed by atoms with Crippen molar-refractivity contribution in [3.05, 3.63) is 5.82 Å². The highest BCUT2D eigenvalue weighted by Crippen LogP contribution is 2.66. The molecule has 0 radical (unpaired) electrons. The molecule has 0 aromatic carbocycles. The summed E-state index contributed by atoms with van der Waals surface area (Å²) in [5.41, 5.74) is -3.71. The molecule has 1 amide bonds.